The van der Waals surface area contributed by atoms with Crippen molar-refractivity contribution in [2.24, 2.45) is 0 Å². The zero-order chi connectivity index (χ0) is 9.42. The van der Waals surface area contributed by atoms with Gasteiger partial charge in [0.1, 0.15) is 29.3 Å². The van der Waals surface area contributed by atoms with Gasteiger partial charge in [-0.2, -0.15) is 15.6 Å². The Kier molecular flexibility index (Phi) is 1.34. The predicted octanol–water partition coefficient (Wildman–Crippen LogP) is 0.714. The Hall–Kier alpha value is -2.27. The molecule has 0 spiro atoms. The molecule has 62 valence electrons. The van der Waals surface area contributed by atoms with Gasteiger partial charge < -0.3 is 0 Å². The first-order chi connectivity index (χ1) is 6.27. The van der Waals surface area contributed by atoms with Crippen LogP contribution in [-0.4, -0.2) is 14.6 Å². The van der Waals surface area contributed by atoms with Crippen LogP contribution in [0.1, 0.15) is 17.1 Å². The Morgan fingerprint density at radius 3 is 2.85 bits per heavy atom. The molecule has 0 aliphatic heterocycles. The van der Waals surface area contributed by atoms with Gasteiger partial charge in [0.15, 0.2) is 0 Å². The quantitative estimate of drug-likeness (QED) is 0.633. The van der Waals surface area contributed by atoms with Crippen molar-refractivity contribution in [3.05, 3.63) is 23.1 Å². The van der Waals surface area contributed by atoms with E-state index in [4.69, 9.17) is 10.5 Å². The highest BCUT2D eigenvalue weighted by atomic mass is 15.2. The average Bonchev–Trinajstić information content (AvgIpc) is 2.65. The summed E-state index contributed by atoms with van der Waals surface area (Å²) in [5.74, 6) is 0.674. The van der Waals surface area contributed by atoms with Crippen LogP contribution in [0.2, 0.25) is 0 Å². The van der Waals surface area contributed by atoms with Gasteiger partial charge in [-0.3, -0.25) is 9.50 Å². The highest BCUT2D eigenvalue weighted by Crippen LogP contribution is 2.14. The lowest BCUT2D eigenvalue weighted by molar-refractivity contribution is 0.996. The normalized spacial score (nSPS) is 9.77. The molecule has 2 aromatic rings. The third-order valence-corrected chi connectivity index (χ3v) is 1.88. The first kappa shape index (κ1) is 7.38. The summed E-state index contributed by atoms with van der Waals surface area (Å²) in [7, 11) is 0. The van der Waals surface area contributed by atoms with E-state index in [1.165, 1.54) is 0 Å². The number of hydrogen-bond donors (Lipinski definition) is 1. The number of aromatic amines is 1. The molecular formula is C8H5N5. The zero-order valence-corrected chi connectivity index (χ0v) is 6.87. The van der Waals surface area contributed by atoms with Crippen LogP contribution in [0.15, 0.2) is 6.07 Å². The third kappa shape index (κ3) is 0.814. The molecule has 0 amide bonds. The minimum Gasteiger partial charge on any atom is -0.271 e. The molecule has 0 bridgehead atoms. The molecule has 5 heteroatoms. The summed E-state index contributed by atoms with van der Waals surface area (Å²) in [5.41, 5.74) is 1.38. The maximum absolute atomic E-state index is 8.82. The van der Waals surface area contributed by atoms with Gasteiger partial charge in [-0.05, 0) is 6.92 Å². The van der Waals surface area contributed by atoms with Crippen molar-refractivity contribution in [2.45, 2.75) is 6.92 Å². The van der Waals surface area contributed by atoms with Crippen molar-refractivity contribution < 1.29 is 0 Å². The van der Waals surface area contributed by atoms with E-state index in [0.29, 0.717) is 22.7 Å². The SMILES string of the molecule is Cc1n[nH]c2cc(C#N)c(C#N)n12. The monoisotopic (exact) mass is 171 g/mol. The molecule has 0 fully saturated rings. The Balaban J connectivity index is 2.96. The van der Waals surface area contributed by atoms with Crippen LogP contribution in [0.3, 0.4) is 0 Å². The van der Waals surface area contributed by atoms with Crippen LogP contribution in [0.25, 0.3) is 5.65 Å². The molecule has 2 heterocycles. The summed E-state index contributed by atoms with van der Waals surface area (Å²) >= 11 is 0. The molecule has 0 saturated carbocycles. The van der Waals surface area contributed by atoms with Gasteiger partial charge in [-0.1, -0.05) is 0 Å². The lowest BCUT2D eigenvalue weighted by atomic mass is 10.3. The van der Waals surface area contributed by atoms with Gasteiger partial charge in [-0.15, -0.1) is 0 Å². The fraction of sp³-hybridized carbons (Fsp3) is 0.125. The molecule has 2 aromatic heterocycles. The molecule has 2 rings (SSSR count). The summed E-state index contributed by atoms with van der Waals surface area (Å²) in [5, 5.41) is 24.2. The number of H-pyrrole nitrogens is 1. The number of aryl methyl sites for hydroxylation is 1. The summed E-state index contributed by atoms with van der Waals surface area (Å²) in [6.07, 6.45) is 0. The lowest BCUT2D eigenvalue weighted by Crippen LogP contribution is -1.90. The van der Waals surface area contributed by atoms with Gasteiger partial charge in [0.25, 0.3) is 0 Å². The molecule has 0 unspecified atom stereocenters. The zero-order valence-electron chi connectivity index (χ0n) is 6.87. The van der Waals surface area contributed by atoms with E-state index in [-0.39, 0.29) is 0 Å². The van der Waals surface area contributed by atoms with Crippen LogP contribution in [0.5, 0.6) is 0 Å². The van der Waals surface area contributed by atoms with E-state index in [1.807, 2.05) is 12.1 Å². The van der Waals surface area contributed by atoms with Crippen molar-refractivity contribution in [2.75, 3.05) is 0 Å². The molecule has 13 heavy (non-hydrogen) atoms. The molecular weight excluding hydrogens is 166 g/mol. The van der Waals surface area contributed by atoms with E-state index in [2.05, 4.69) is 10.2 Å². The number of nitriles is 2. The van der Waals surface area contributed by atoms with E-state index in [0.717, 1.165) is 0 Å². The molecule has 1 N–H and O–H groups in total. The average molecular weight is 171 g/mol. The Bertz CT molecular complexity index is 545. The van der Waals surface area contributed by atoms with Crippen LogP contribution < -0.4 is 0 Å². The van der Waals surface area contributed by atoms with Gasteiger partial charge in [0, 0.05) is 6.07 Å². The first-order valence-corrected chi connectivity index (χ1v) is 3.64. The summed E-state index contributed by atoms with van der Waals surface area (Å²) in [6.45, 7) is 1.77. The van der Waals surface area contributed by atoms with Crippen molar-refractivity contribution in [3.8, 4) is 12.1 Å². The van der Waals surface area contributed by atoms with Crippen LogP contribution in [0, 0.1) is 29.6 Å². The molecule has 0 aliphatic rings. The van der Waals surface area contributed by atoms with Crippen molar-refractivity contribution in [3.63, 3.8) is 0 Å². The predicted molar refractivity (Wildman–Crippen MR) is 43.7 cm³/mol. The fourth-order valence-electron chi connectivity index (χ4n) is 1.31. The molecule has 0 aliphatic carbocycles. The maximum Gasteiger partial charge on any atom is 0.145 e. The maximum atomic E-state index is 8.82. The van der Waals surface area contributed by atoms with Gasteiger partial charge in [0.2, 0.25) is 0 Å². The number of aromatic nitrogens is 3. The molecule has 5 nitrogen and oxygen atoms in total. The minimum atomic E-state index is 0.337. The standard InChI is InChI=1S/C8H5N5/c1-5-11-12-8-2-6(3-9)7(4-10)13(5)8/h2,12H,1H3. The van der Waals surface area contributed by atoms with Crippen LogP contribution in [-0.2, 0) is 0 Å². The second-order valence-electron chi connectivity index (χ2n) is 2.62. The van der Waals surface area contributed by atoms with E-state index in [1.54, 1.807) is 17.4 Å². The van der Waals surface area contributed by atoms with Gasteiger partial charge in [-0.25, -0.2) is 0 Å². The third-order valence-electron chi connectivity index (χ3n) is 1.88. The van der Waals surface area contributed by atoms with Gasteiger partial charge >= 0.3 is 0 Å². The van der Waals surface area contributed by atoms with E-state index in [9.17, 15) is 0 Å². The second kappa shape index (κ2) is 2.36. The topological polar surface area (TPSA) is 80.7 Å². The number of hydrogen-bond acceptors (Lipinski definition) is 3. The Labute approximate surface area is 73.8 Å². The van der Waals surface area contributed by atoms with Gasteiger partial charge in [0.05, 0.1) is 5.56 Å². The largest absolute Gasteiger partial charge is 0.271 e. The number of fused-ring (bicyclic) bond motifs is 1. The van der Waals surface area contributed by atoms with Crippen molar-refractivity contribution in [1.82, 2.24) is 14.6 Å². The summed E-state index contributed by atoms with van der Waals surface area (Å²) < 4.78 is 1.62. The smallest absolute Gasteiger partial charge is 0.145 e. The van der Waals surface area contributed by atoms with Crippen LogP contribution >= 0.6 is 0 Å². The second-order valence-corrected chi connectivity index (χ2v) is 2.62. The molecule has 0 radical (unpaired) electrons. The Morgan fingerprint density at radius 2 is 2.23 bits per heavy atom. The molecule has 0 atom stereocenters. The number of nitrogens with zero attached hydrogens (tertiary/aromatic N) is 4. The Morgan fingerprint density at radius 1 is 1.46 bits per heavy atom. The van der Waals surface area contributed by atoms with Crippen LogP contribution in [0.4, 0.5) is 0 Å². The highest BCUT2D eigenvalue weighted by Gasteiger charge is 2.12. The highest BCUT2D eigenvalue weighted by molar-refractivity contribution is 5.56. The van der Waals surface area contributed by atoms with Crippen molar-refractivity contribution >= 4 is 5.65 Å². The van der Waals surface area contributed by atoms with Crippen molar-refractivity contribution in [1.29, 1.82) is 10.5 Å². The van der Waals surface area contributed by atoms with E-state index < -0.39 is 0 Å². The fourth-order valence-corrected chi connectivity index (χ4v) is 1.31. The molecule has 0 aromatic carbocycles. The number of rotatable bonds is 0. The lowest BCUT2D eigenvalue weighted by Gasteiger charge is -1.88. The first-order valence-electron chi connectivity index (χ1n) is 3.64. The summed E-state index contributed by atoms with van der Waals surface area (Å²) in [6, 6.07) is 5.54. The molecule has 0 saturated heterocycles. The summed E-state index contributed by atoms with van der Waals surface area (Å²) in [4.78, 5) is 0. The minimum absolute atomic E-state index is 0.337. The van der Waals surface area contributed by atoms with E-state index >= 15 is 0 Å². The number of nitrogens with one attached hydrogen (secondary N) is 1.